The molecule has 1 fully saturated rings. The van der Waals surface area contributed by atoms with Crippen LogP contribution in [0.1, 0.15) is 30.9 Å². The normalized spacial score (nSPS) is 21.0. The highest BCUT2D eigenvalue weighted by Crippen LogP contribution is 2.30. The predicted octanol–water partition coefficient (Wildman–Crippen LogP) is 3.07. The van der Waals surface area contributed by atoms with Crippen LogP contribution in [0, 0.1) is 0 Å². The van der Waals surface area contributed by atoms with Gasteiger partial charge in [0.1, 0.15) is 0 Å². The molecule has 1 aliphatic heterocycles. The molecular formula is C15H19N3. The van der Waals surface area contributed by atoms with Crippen molar-refractivity contribution in [1.29, 1.82) is 0 Å². The maximum Gasteiger partial charge on any atom is 0.0956 e. The minimum atomic E-state index is 0.558. The third-order valence-electron chi connectivity index (χ3n) is 3.70. The molecule has 0 saturated carbocycles. The van der Waals surface area contributed by atoms with Crippen molar-refractivity contribution in [2.45, 2.75) is 32.0 Å². The fraction of sp³-hybridized carbons (Fsp3) is 0.400. The smallest absolute Gasteiger partial charge is 0.0956 e. The Hall–Kier alpha value is -1.61. The predicted molar refractivity (Wildman–Crippen MR) is 72.0 cm³/mol. The van der Waals surface area contributed by atoms with Gasteiger partial charge in [0.05, 0.1) is 13.0 Å². The molecule has 1 atom stereocenters. The highest BCUT2D eigenvalue weighted by molar-refractivity contribution is 5.19. The van der Waals surface area contributed by atoms with E-state index in [1.807, 2.05) is 18.7 Å². The van der Waals surface area contributed by atoms with Crippen molar-refractivity contribution in [2.24, 2.45) is 0 Å². The quantitative estimate of drug-likeness (QED) is 0.823. The van der Waals surface area contributed by atoms with Gasteiger partial charge in [-0.2, -0.15) is 0 Å². The van der Waals surface area contributed by atoms with Gasteiger partial charge < -0.3 is 4.57 Å². The molecule has 2 aromatic rings. The first-order chi connectivity index (χ1) is 8.93. The van der Waals surface area contributed by atoms with Crippen molar-refractivity contribution in [3.8, 4) is 0 Å². The maximum absolute atomic E-state index is 4.12. The molecule has 1 unspecified atom stereocenters. The fourth-order valence-corrected chi connectivity index (χ4v) is 2.79. The molecule has 0 aliphatic carbocycles. The minimum Gasteiger partial charge on any atom is -0.324 e. The molecule has 2 heterocycles. The van der Waals surface area contributed by atoms with Gasteiger partial charge in [-0.15, -0.1) is 0 Å². The van der Waals surface area contributed by atoms with Gasteiger partial charge in [0, 0.05) is 25.0 Å². The Morgan fingerprint density at radius 1 is 1.17 bits per heavy atom. The van der Waals surface area contributed by atoms with Crippen molar-refractivity contribution in [3.05, 3.63) is 54.6 Å². The molecular weight excluding hydrogens is 222 g/mol. The second kappa shape index (κ2) is 5.36. The molecule has 1 aromatic heterocycles. The van der Waals surface area contributed by atoms with Crippen molar-refractivity contribution >= 4 is 0 Å². The van der Waals surface area contributed by atoms with Crippen molar-refractivity contribution < 1.29 is 0 Å². The van der Waals surface area contributed by atoms with Gasteiger partial charge in [-0.1, -0.05) is 36.8 Å². The average molecular weight is 241 g/mol. The molecule has 3 heteroatoms. The fourth-order valence-electron chi connectivity index (χ4n) is 2.79. The first-order valence-electron chi connectivity index (χ1n) is 6.68. The molecule has 0 spiro atoms. The second-order valence-electron chi connectivity index (χ2n) is 4.95. The van der Waals surface area contributed by atoms with E-state index in [1.54, 1.807) is 0 Å². The number of rotatable bonds is 3. The van der Waals surface area contributed by atoms with Crippen molar-refractivity contribution in [3.63, 3.8) is 0 Å². The number of likely N-dealkylation sites (tertiary alicyclic amines) is 1. The Labute approximate surface area is 108 Å². The Balaban J connectivity index is 1.78. The summed E-state index contributed by atoms with van der Waals surface area (Å²) in [7, 11) is 0. The van der Waals surface area contributed by atoms with E-state index in [9.17, 15) is 0 Å². The number of piperidine rings is 1. The maximum atomic E-state index is 4.12. The Morgan fingerprint density at radius 3 is 2.83 bits per heavy atom. The van der Waals surface area contributed by atoms with Crippen LogP contribution >= 0.6 is 0 Å². The van der Waals surface area contributed by atoms with E-state index in [4.69, 9.17) is 0 Å². The number of imidazole rings is 1. The lowest BCUT2D eigenvalue weighted by Crippen LogP contribution is -2.34. The molecule has 0 N–H and O–H groups in total. The Kier molecular flexibility index (Phi) is 3.42. The summed E-state index contributed by atoms with van der Waals surface area (Å²) in [5.41, 5.74) is 1.44. The summed E-state index contributed by atoms with van der Waals surface area (Å²) < 4.78 is 2.15. The SMILES string of the molecule is c1ccc(C2CCCCN2Cn2ccnc2)cc1. The van der Waals surface area contributed by atoms with Crippen LogP contribution in [0.2, 0.25) is 0 Å². The monoisotopic (exact) mass is 241 g/mol. The van der Waals surface area contributed by atoms with Crippen molar-refractivity contribution in [2.75, 3.05) is 6.54 Å². The molecule has 1 aliphatic rings. The summed E-state index contributed by atoms with van der Waals surface area (Å²) in [5.74, 6) is 0. The minimum absolute atomic E-state index is 0.558. The number of benzene rings is 1. The van der Waals surface area contributed by atoms with Crippen LogP contribution in [0.3, 0.4) is 0 Å². The lowest BCUT2D eigenvalue weighted by molar-refractivity contribution is 0.110. The number of aromatic nitrogens is 2. The van der Waals surface area contributed by atoms with E-state index >= 15 is 0 Å². The van der Waals surface area contributed by atoms with Gasteiger partial charge in [0.15, 0.2) is 0 Å². The largest absolute Gasteiger partial charge is 0.324 e. The van der Waals surface area contributed by atoms with E-state index in [0.29, 0.717) is 6.04 Å². The molecule has 1 aromatic carbocycles. The summed E-state index contributed by atoms with van der Waals surface area (Å²) in [6.45, 7) is 2.12. The van der Waals surface area contributed by atoms with Crippen LogP contribution in [-0.2, 0) is 6.67 Å². The molecule has 0 radical (unpaired) electrons. The van der Waals surface area contributed by atoms with Crippen LogP contribution in [0.4, 0.5) is 0 Å². The zero-order valence-electron chi connectivity index (χ0n) is 10.6. The van der Waals surface area contributed by atoms with Crippen molar-refractivity contribution in [1.82, 2.24) is 14.5 Å². The summed E-state index contributed by atoms with van der Waals surface area (Å²) in [4.78, 5) is 6.68. The number of hydrogen-bond donors (Lipinski definition) is 0. The highest BCUT2D eigenvalue weighted by Gasteiger charge is 2.23. The van der Waals surface area contributed by atoms with E-state index in [0.717, 1.165) is 6.67 Å². The Bertz CT molecular complexity index is 464. The van der Waals surface area contributed by atoms with Gasteiger partial charge >= 0.3 is 0 Å². The molecule has 0 bridgehead atoms. The van der Waals surface area contributed by atoms with E-state index in [1.165, 1.54) is 31.4 Å². The lowest BCUT2D eigenvalue weighted by atomic mass is 9.96. The molecule has 94 valence electrons. The molecule has 3 rings (SSSR count). The molecule has 1 saturated heterocycles. The first kappa shape index (κ1) is 11.5. The highest BCUT2D eigenvalue weighted by atomic mass is 15.3. The summed E-state index contributed by atoms with van der Waals surface area (Å²) in [5, 5.41) is 0. The van der Waals surface area contributed by atoms with Gasteiger partial charge in [0.25, 0.3) is 0 Å². The third kappa shape index (κ3) is 2.46. The van der Waals surface area contributed by atoms with Gasteiger partial charge in [-0.05, 0) is 18.4 Å². The van der Waals surface area contributed by atoms with Crippen LogP contribution in [0.5, 0.6) is 0 Å². The van der Waals surface area contributed by atoms with Crippen LogP contribution in [-0.4, -0.2) is 21.0 Å². The third-order valence-corrected chi connectivity index (χ3v) is 3.70. The summed E-state index contributed by atoms with van der Waals surface area (Å²) in [6.07, 6.45) is 9.69. The second-order valence-corrected chi connectivity index (χ2v) is 4.95. The molecule has 0 amide bonds. The standard InChI is InChI=1S/C15H19N3/c1-2-6-14(7-3-1)15-8-4-5-10-18(15)13-17-11-9-16-12-17/h1-3,6-7,9,11-12,15H,4-5,8,10,13H2. The van der Waals surface area contributed by atoms with Gasteiger partial charge in [-0.25, -0.2) is 4.98 Å². The Morgan fingerprint density at radius 2 is 2.06 bits per heavy atom. The van der Waals surface area contributed by atoms with Crippen LogP contribution in [0.15, 0.2) is 49.1 Å². The zero-order chi connectivity index (χ0) is 12.2. The first-order valence-corrected chi connectivity index (χ1v) is 6.68. The van der Waals surface area contributed by atoms with Crippen LogP contribution in [0.25, 0.3) is 0 Å². The van der Waals surface area contributed by atoms with Gasteiger partial charge in [-0.3, -0.25) is 4.90 Å². The van der Waals surface area contributed by atoms with E-state index < -0.39 is 0 Å². The number of hydrogen-bond acceptors (Lipinski definition) is 2. The van der Waals surface area contributed by atoms with Crippen LogP contribution < -0.4 is 0 Å². The van der Waals surface area contributed by atoms with E-state index in [2.05, 4.69) is 44.8 Å². The molecule has 18 heavy (non-hydrogen) atoms. The van der Waals surface area contributed by atoms with Gasteiger partial charge in [0.2, 0.25) is 0 Å². The topological polar surface area (TPSA) is 21.1 Å². The lowest BCUT2D eigenvalue weighted by Gasteiger charge is -2.36. The summed E-state index contributed by atoms with van der Waals surface area (Å²) >= 11 is 0. The average Bonchev–Trinajstić information content (AvgIpc) is 2.93. The summed E-state index contributed by atoms with van der Waals surface area (Å²) in [6, 6.07) is 11.4. The zero-order valence-corrected chi connectivity index (χ0v) is 10.6. The molecule has 3 nitrogen and oxygen atoms in total. The van der Waals surface area contributed by atoms with E-state index in [-0.39, 0.29) is 0 Å². The number of nitrogens with zero attached hydrogens (tertiary/aromatic N) is 3.